The van der Waals surface area contributed by atoms with Crippen LogP contribution in [0.1, 0.15) is 29.8 Å². The van der Waals surface area contributed by atoms with Gasteiger partial charge < -0.3 is 10.1 Å². The number of rotatable bonds is 7. The monoisotopic (exact) mass is 371 g/mol. The minimum atomic E-state index is -0.224. The zero-order valence-corrected chi connectivity index (χ0v) is 14.6. The van der Waals surface area contributed by atoms with E-state index in [1.165, 1.54) is 10.9 Å². The fourth-order valence-corrected chi connectivity index (χ4v) is 3.82. The maximum absolute atomic E-state index is 14.3. The highest BCUT2D eigenvalue weighted by Gasteiger charge is 2.21. The van der Waals surface area contributed by atoms with Crippen molar-refractivity contribution < 1.29 is 9.13 Å². The lowest BCUT2D eigenvalue weighted by Gasteiger charge is -2.21. The molecule has 0 radical (unpaired) electrons. The summed E-state index contributed by atoms with van der Waals surface area (Å²) >= 11 is 5.15. The summed E-state index contributed by atoms with van der Waals surface area (Å²) in [5, 5.41) is 3.43. The minimum absolute atomic E-state index is 0.0911. The fraction of sp³-hybridized carbons (Fsp3) is 0.375. The van der Waals surface area contributed by atoms with Gasteiger partial charge in [-0.2, -0.15) is 0 Å². The Morgan fingerprint density at radius 3 is 2.76 bits per heavy atom. The molecule has 0 amide bonds. The lowest BCUT2D eigenvalue weighted by molar-refractivity contribution is 0.389. The van der Waals surface area contributed by atoms with Gasteiger partial charge in [-0.3, -0.25) is 0 Å². The zero-order chi connectivity index (χ0) is 15.2. The molecule has 5 heteroatoms. The van der Waals surface area contributed by atoms with Crippen LogP contribution in [-0.2, 0) is 6.42 Å². The maximum Gasteiger partial charge on any atom is 0.131 e. The van der Waals surface area contributed by atoms with E-state index in [-0.39, 0.29) is 11.9 Å². The van der Waals surface area contributed by atoms with Gasteiger partial charge in [0.05, 0.1) is 10.9 Å². The summed E-state index contributed by atoms with van der Waals surface area (Å²) in [6.45, 7) is 2.94. The van der Waals surface area contributed by atoms with Crippen LogP contribution >= 0.6 is 27.3 Å². The first-order valence-corrected chi connectivity index (χ1v) is 8.56. The number of nitrogens with one attached hydrogen (secondary N) is 1. The predicted molar refractivity (Wildman–Crippen MR) is 89.7 cm³/mol. The molecule has 0 aliphatic carbocycles. The number of hydrogen-bond acceptors (Lipinski definition) is 3. The van der Waals surface area contributed by atoms with Crippen LogP contribution < -0.4 is 10.1 Å². The third kappa shape index (κ3) is 4.28. The molecule has 0 saturated carbocycles. The van der Waals surface area contributed by atoms with Gasteiger partial charge in [0.2, 0.25) is 0 Å². The van der Waals surface area contributed by atoms with Gasteiger partial charge in [-0.05, 0) is 53.2 Å². The molecule has 0 spiro atoms. The van der Waals surface area contributed by atoms with E-state index in [0.29, 0.717) is 11.3 Å². The minimum Gasteiger partial charge on any atom is -0.496 e. The summed E-state index contributed by atoms with van der Waals surface area (Å²) in [5.41, 5.74) is 0.609. The van der Waals surface area contributed by atoms with E-state index in [1.807, 2.05) is 12.1 Å². The molecule has 114 valence electrons. The highest BCUT2D eigenvalue weighted by molar-refractivity contribution is 9.11. The van der Waals surface area contributed by atoms with Gasteiger partial charge in [0.1, 0.15) is 11.6 Å². The third-order valence-electron chi connectivity index (χ3n) is 3.26. The standard InChI is InChI=1S/C16H19BrFNOS/c1-3-9-19-13(10-11-7-8-15(17)21-11)16-12(18)5-4-6-14(16)20-2/h4-8,13,19H,3,9-10H2,1-2H3. The molecule has 2 rings (SSSR count). The summed E-state index contributed by atoms with van der Waals surface area (Å²) in [4.78, 5) is 1.21. The Labute approximate surface area is 137 Å². The molecule has 1 atom stereocenters. The Kier molecular flexibility index (Phi) is 6.21. The summed E-state index contributed by atoms with van der Waals surface area (Å²) in [6, 6.07) is 8.98. The van der Waals surface area contributed by atoms with Crippen LogP contribution in [0.25, 0.3) is 0 Å². The number of thiophene rings is 1. The third-order valence-corrected chi connectivity index (χ3v) is 4.90. The van der Waals surface area contributed by atoms with Crippen molar-refractivity contribution in [3.05, 3.63) is 50.4 Å². The second kappa shape index (κ2) is 7.92. The SMILES string of the molecule is CCCNC(Cc1ccc(Br)s1)c1c(F)cccc1OC. The van der Waals surface area contributed by atoms with Gasteiger partial charge in [-0.25, -0.2) is 4.39 Å². The number of benzene rings is 1. The first-order valence-electron chi connectivity index (χ1n) is 6.95. The smallest absolute Gasteiger partial charge is 0.131 e. The van der Waals surface area contributed by atoms with Crippen LogP contribution in [0.4, 0.5) is 4.39 Å². The molecule has 1 aromatic carbocycles. The lowest BCUT2D eigenvalue weighted by atomic mass is 10.0. The Morgan fingerprint density at radius 2 is 2.14 bits per heavy atom. The Balaban J connectivity index is 2.31. The van der Waals surface area contributed by atoms with Gasteiger partial charge in [-0.15, -0.1) is 11.3 Å². The Hall–Kier alpha value is -0.910. The lowest BCUT2D eigenvalue weighted by Crippen LogP contribution is -2.25. The summed E-state index contributed by atoms with van der Waals surface area (Å²) in [6.07, 6.45) is 1.75. The molecule has 0 aliphatic rings. The normalized spacial score (nSPS) is 12.4. The van der Waals surface area contributed by atoms with Crippen LogP contribution in [0.15, 0.2) is 34.1 Å². The average Bonchev–Trinajstić information content (AvgIpc) is 2.88. The van der Waals surface area contributed by atoms with Crippen LogP contribution in [0.5, 0.6) is 5.75 Å². The Morgan fingerprint density at radius 1 is 1.33 bits per heavy atom. The Bertz CT molecular complexity index is 587. The first kappa shape index (κ1) is 16.5. The van der Waals surface area contributed by atoms with Crippen LogP contribution in [-0.4, -0.2) is 13.7 Å². The van der Waals surface area contributed by atoms with Crippen molar-refractivity contribution in [3.8, 4) is 5.75 Å². The van der Waals surface area contributed by atoms with Crippen molar-refractivity contribution in [1.29, 1.82) is 0 Å². The van der Waals surface area contributed by atoms with Gasteiger partial charge in [0.15, 0.2) is 0 Å². The summed E-state index contributed by atoms with van der Waals surface area (Å²) < 4.78 is 20.7. The molecular weight excluding hydrogens is 353 g/mol. The quantitative estimate of drug-likeness (QED) is 0.743. The molecule has 0 aliphatic heterocycles. The van der Waals surface area contributed by atoms with E-state index in [2.05, 4.69) is 34.2 Å². The van der Waals surface area contributed by atoms with E-state index in [0.717, 1.165) is 23.2 Å². The van der Waals surface area contributed by atoms with Gasteiger partial charge >= 0.3 is 0 Å². The number of hydrogen-bond donors (Lipinski definition) is 1. The molecule has 21 heavy (non-hydrogen) atoms. The number of methoxy groups -OCH3 is 1. The van der Waals surface area contributed by atoms with E-state index in [4.69, 9.17) is 4.74 Å². The molecule has 2 aromatic rings. The summed E-state index contributed by atoms with van der Waals surface area (Å²) in [7, 11) is 1.58. The van der Waals surface area contributed by atoms with Crippen LogP contribution in [0.2, 0.25) is 0 Å². The molecule has 0 fully saturated rings. The van der Waals surface area contributed by atoms with Crippen molar-refractivity contribution >= 4 is 27.3 Å². The van der Waals surface area contributed by atoms with E-state index in [1.54, 1.807) is 24.5 Å². The first-order chi connectivity index (χ1) is 10.2. The van der Waals surface area contributed by atoms with Crippen molar-refractivity contribution in [2.75, 3.05) is 13.7 Å². The largest absolute Gasteiger partial charge is 0.496 e. The van der Waals surface area contributed by atoms with Crippen molar-refractivity contribution in [3.63, 3.8) is 0 Å². The van der Waals surface area contributed by atoms with E-state index in [9.17, 15) is 4.39 Å². The molecule has 1 N–H and O–H groups in total. The van der Waals surface area contributed by atoms with Crippen LogP contribution in [0.3, 0.4) is 0 Å². The predicted octanol–water partition coefficient (Wildman–Crippen LogP) is 4.94. The topological polar surface area (TPSA) is 21.3 Å². The second-order valence-electron chi connectivity index (χ2n) is 4.77. The van der Waals surface area contributed by atoms with Gasteiger partial charge in [-0.1, -0.05) is 13.0 Å². The van der Waals surface area contributed by atoms with Gasteiger partial charge in [0.25, 0.3) is 0 Å². The molecule has 1 heterocycles. The molecule has 0 saturated heterocycles. The second-order valence-corrected chi connectivity index (χ2v) is 7.32. The number of halogens is 2. The molecule has 2 nitrogen and oxygen atoms in total. The fourth-order valence-electron chi connectivity index (χ4n) is 2.29. The molecule has 1 unspecified atom stereocenters. The summed E-state index contributed by atoms with van der Waals surface area (Å²) in [5.74, 6) is 0.373. The molecule has 1 aromatic heterocycles. The van der Waals surface area contributed by atoms with E-state index >= 15 is 0 Å². The van der Waals surface area contributed by atoms with Crippen molar-refractivity contribution in [1.82, 2.24) is 5.32 Å². The highest BCUT2D eigenvalue weighted by Crippen LogP contribution is 2.32. The number of ether oxygens (including phenoxy) is 1. The highest BCUT2D eigenvalue weighted by atomic mass is 79.9. The van der Waals surface area contributed by atoms with Gasteiger partial charge in [0, 0.05) is 22.9 Å². The average molecular weight is 372 g/mol. The van der Waals surface area contributed by atoms with Crippen LogP contribution in [0, 0.1) is 5.82 Å². The molecular formula is C16H19BrFNOS. The van der Waals surface area contributed by atoms with E-state index < -0.39 is 0 Å². The zero-order valence-electron chi connectivity index (χ0n) is 12.2. The van der Waals surface area contributed by atoms with Crippen molar-refractivity contribution in [2.45, 2.75) is 25.8 Å². The molecule has 0 bridgehead atoms. The van der Waals surface area contributed by atoms with Crippen molar-refractivity contribution in [2.24, 2.45) is 0 Å². The maximum atomic E-state index is 14.3.